The van der Waals surface area contributed by atoms with Crippen LogP contribution in [0.3, 0.4) is 0 Å². The van der Waals surface area contributed by atoms with Crippen molar-refractivity contribution in [3.63, 3.8) is 0 Å². The normalized spacial score (nSPS) is 15.8. The molecular formula is C23H26ClFN2O4. The summed E-state index contributed by atoms with van der Waals surface area (Å²) in [5.41, 5.74) is 1.50. The molecule has 0 radical (unpaired) electrons. The van der Waals surface area contributed by atoms with E-state index in [2.05, 4.69) is 5.32 Å². The van der Waals surface area contributed by atoms with E-state index in [0.29, 0.717) is 43.4 Å². The van der Waals surface area contributed by atoms with Gasteiger partial charge < -0.3 is 19.7 Å². The molecule has 1 heterocycles. The minimum Gasteiger partial charge on any atom is -0.490 e. The molecule has 0 spiro atoms. The Kier molecular flexibility index (Phi) is 7.74. The van der Waals surface area contributed by atoms with Crippen LogP contribution >= 0.6 is 11.6 Å². The number of hydrogen-bond acceptors (Lipinski definition) is 4. The number of halogens is 2. The minimum absolute atomic E-state index is 0.0556. The zero-order valence-corrected chi connectivity index (χ0v) is 18.4. The van der Waals surface area contributed by atoms with Crippen LogP contribution in [0.1, 0.15) is 25.8 Å². The van der Waals surface area contributed by atoms with Gasteiger partial charge in [0.2, 0.25) is 11.8 Å². The third kappa shape index (κ3) is 5.67. The summed E-state index contributed by atoms with van der Waals surface area (Å²) in [6.45, 7) is 5.59. The number of nitrogens with one attached hydrogen (secondary N) is 1. The maximum absolute atomic E-state index is 13.4. The fourth-order valence-electron chi connectivity index (χ4n) is 3.51. The molecule has 1 unspecified atom stereocenters. The van der Waals surface area contributed by atoms with Crippen LogP contribution in [0.4, 0.5) is 10.1 Å². The molecule has 0 saturated carbocycles. The predicted octanol–water partition coefficient (Wildman–Crippen LogP) is 3.99. The molecule has 6 nitrogen and oxygen atoms in total. The molecule has 8 heteroatoms. The topological polar surface area (TPSA) is 67.9 Å². The number of amides is 2. The summed E-state index contributed by atoms with van der Waals surface area (Å²) in [5.74, 6) is 0.00487. The van der Waals surface area contributed by atoms with Gasteiger partial charge in [0.25, 0.3) is 0 Å². The van der Waals surface area contributed by atoms with Gasteiger partial charge in [-0.15, -0.1) is 0 Å². The third-order valence-corrected chi connectivity index (χ3v) is 5.32. The number of hydrogen-bond donors (Lipinski definition) is 1. The van der Waals surface area contributed by atoms with Crippen molar-refractivity contribution in [3.05, 3.63) is 52.8 Å². The van der Waals surface area contributed by atoms with Crippen molar-refractivity contribution in [2.24, 2.45) is 5.92 Å². The van der Waals surface area contributed by atoms with Crippen molar-refractivity contribution in [1.82, 2.24) is 5.32 Å². The van der Waals surface area contributed by atoms with E-state index in [0.717, 1.165) is 5.56 Å². The van der Waals surface area contributed by atoms with Crippen molar-refractivity contribution >= 4 is 29.1 Å². The standard InChI is InChI=1S/C23H26ClFN2O4/c1-3-30-20-8-5-15(11-21(20)31-4-2)9-10-26-23(29)16-12-22(28)27(14-16)17-6-7-19(25)18(24)13-17/h5-8,11,13,16H,3-4,9-10,12,14H2,1-2H3,(H,26,29). The van der Waals surface area contributed by atoms with E-state index in [4.69, 9.17) is 21.1 Å². The van der Waals surface area contributed by atoms with Gasteiger partial charge in [0, 0.05) is 25.2 Å². The van der Waals surface area contributed by atoms with E-state index in [1.807, 2.05) is 32.0 Å². The maximum atomic E-state index is 13.4. The maximum Gasteiger partial charge on any atom is 0.227 e. The summed E-state index contributed by atoms with van der Waals surface area (Å²) < 4.78 is 24.6. The van der Waals surface area contributed by atoms with E-state index in [9.17, 15) is 14.0 Å². The van der Waals surface area contributed by atoms with Gasteiger partial charge in [-0.2, -0.15) is 0 Å². The van der Waals surface area contributed by atoms with Gasteiger partial charge in [0.05, 0.1) is 24.2 Å². The lowest BCUT2D eigenvalue weighted by atomic mass is 10.1. The number of nitrogens with zero attached hydrogens (tertiary/aromatic N) is 1. The summed E-state index contributed by atoms with van der Waals surface area (Å²) in [6.07, 6.45) is 0.731. The first-order valence-electron chi connectivity index (χ1n) is 10.3. The Labute approximate surface area is 186 Å². The summed E-state index contributed by atoms with van der Waals surface area (Å²) >= 11 is 5.81. The Morgan fingerprint density at radius 3 is 2.61 bits per heavy atom. The molecule has 1 saturated heterocycles. The fraction of sp³-hybridized carbons (Fsp3) is 0.391. The molecule has 2 aromatic carbocycles. The Hall–Kier alpha value is -2.80. The lowest BCUT2D eigenvalue weighted by Crippen LogP contribution is -2.34. The van der Waals surface area contributed by atoms with Crippen molar-refractivity contribution in [2.45, 2.75) is 26.7 Å². The van der Waals surface area contributed by atoms with Crippen LogP contribution in [0.5, 0.6) is 11.5 Å². The van der Waals surface area contributed by atoms with E-state index in [-0.39, 0.29) is 29.8 Å². The van der Waals surface area contributed by atoms with Crippen LogP contribution in [0, 0.1) is 11.7 Å². The average molecular weight is 449 g/mol. The molecular weight excluding hydrogens is 423 g/mol. The zero-order chi connectivity index (χ0) is 22.4. The molecule has 0 aromatic heterocycles. The number of ether oxygens (including phenoxy) is 2. The Morgan fingerprint density at radius 1 is 1.16 bits per heavy atom. The lowest BCUT2D eigenvalue weighted by molar-refractivity contribution is -0.126. The van der Waals surface area contributed by atoms with Crippen molar-refractivity contribution in [3.8, 4) is 11.5 Å². The molecule has 3 rings (SSSR count). The van der Waals surface area contributed by atoms with Gasteiger partial charge in [-0.1, -0.05) is 17.7 Å². The highest BCUT2D eigenvalue weighted by Crippen LogP contribution is 2.30. The van der Waals surface area contributed by atoms with Crippen LogP contribution < -0.4 is 19.7 Å². The number of benzene rings is 2. The first-order valence-corrected chi connectivity index (χ1v) is 10.7. The van der Waals surface area contributed by atoms with Crippen LogP contribution in [0.25, 0.3) is 0 Å². The molecule has 1 fully saturated rings. The second-order valence-electron chi connectivity index (χ2n) is 7.19. The highest BCUT2D eigenvalue weighted by Gasteiger charge is 2.35. The first-order chi connectivity index (χ1) is 14.9. The van der Waals surface area contributed by atoms with Crippen molar-refractivity contribution in [1.29, 1.82) is 0 Å². The van der Waals surface area contributed by atoms with Crippen LogP contribution in [0.15, 0.2) is 36.4 Å². The monoisotopic (exact) mass is 448 g/mol. The van der Waals surface area contributed by atoms with Gasteiger partial charge in [0.1, 0.15) is 5.82 Å². The van der Waals surface area contributed by atoms with Crippen molar-refractivity contribution in [2.75, 3.05) is 31.2 Å². The molecule has 0 bridgehead atoms. The number of anilines is 1. The lowest BCUT2D eigenvalue weighted by Gasteiger charge is -2.17. The largest absolute Gasteiger partial charge is 0.490 e. The number of carbonyl (C=O) groups is 2. The van der Waals surface area contributed by atoms with Gasteiger partial charge in [-0.05, 0) is 56.2 Å². The summed E-state index contributed by atoms with van der Waals surface area (Å²) in [4.78, 5) is 26.4. The third-order valence-electron chi connectivity index (χ3n) is 5.03. The SMILES string of the molecule is CCOc1ccc(CCNC(=O)C2CC(=O)N(c3ccc(F)c(Cl)c3)C2)cc1OCC. The minimum atomic E-state index is -0.548. The summed E-state index contributed by atoms with van der Waals surface area (Å²) in [6, 6.07) is 9.83. The smallest absolute Gasteiger partial charge is 0.227 e. The quantitative estimate of drug-likeness (QED) is 0.630. The van der Waals surface area contributed by atoms with E-state index in [1.165, 1.54) is 23.1 Å². The fourth-order valence-corrected chi connectivity index (χ4v) is 3.69. The summed E-state index contributed by atoms with van der Waals surface area (Å²) in [5, 5.41) is 2.85. The molecule has 2 amide bonds. The van der Waals surface area contributed by atoms with Crippen LogP contribution in [-0.2, 0) is 16.0 Å². The molecule has 2 aromatic rings. The Bertz CT molecular complexity index is 953. The number of rotatable bonds is 9. The highest BCUT2D eigenvalue weighted by atomic mass is 35.5. The van der Waals surface area contributed by atoms with E-state index >= 15 is 0 Å². The second kappa shape index (κ2) is 10.5. The Balaban J connectivity index is 1.55. The molecule has 1 N–H and O–H groups in total. The number of carbonyl (C=O) groups excluding carboxylic acids is 2. The van der Waals surface area contributed by atoms with E-state index < -0.39 is 11.7 Å². The first kappa shape index (κ1) is 22.9. The average Bonchev–Trinajstić information content (AvgIpc) is 3.14. The molecule has 0 aliphatic carbocycles. The molecule has 166 valence electrons. The highest BCUT2D eigenvalue weighted by molar-refractivity contribution is 6.31. The van der Waals surface area contributed by atoms with Gasteiger partial charge in [-0.3, -0.25) is 9.59 Å². The second-order valence-corrected chi connectivity index (χ2v) is 7.60. The van der Waals surface area contributed by atoms with Crippen LogP contribution in [0.2, 0.25) is 5.02 Å². The van der Waals surface area contributed by atoms with Gasteiger partial charge in [0.15, 0.2) is 11.5 Å². The summed E-state index contributed by atoms with van der Waals surface area (Å²) in [7, 11) is 0. The van der Waals surface area contributed by atoms with Crippen LogP contribution in [-0.4, -0.2) is 38.1 Å². The molecule has 1 atom stereocenters. The van der Waals surface area contributed by atoms with Gasteiger partial charge in [-0.25, -0.2) is 4.39 Å². The van der Waals surface area contributed by atoms with E-state index in [1.54, 1.807) is 0 Å². The molecule has 31 heavy (non-hydrogen) atoms. The Morgan fingerprint density at radius 2 is 1.90 bits per heavy atom. The molecule has 1 aliphatic heterocycles. The predicted molar refractivity (Wildman–Crippen MR) is 117 cm³/mol. The zero-order valence-electron chi connectivity index (χ0n) is 17.6. The van der Waals surface area contributed by atoms with Gasteiger partial charge >= 0.3 is 0 Å². The van der Waals surface area contributed by atoms with Crippen molar-refractivity contribution < 1.29 is 23.5 Å². The molecule has 1 aliphatic rings.